The summed E-state index contributed by atoms with van der Waals surface area (Å²) in [4.78, 5) is 12.5. The standard InChI is InChI=1S/C14H14Br2N2O/c1-9(2)18-14(12(16)8-17-18)13(19)7-10-5-3-4-6-11(10)15/h3-6,8-9H,7H2,1-2H3. The lowest BCUT2D eigenvalue weighted by Gasteiger charge is -2.11. The zero-order chi connectivity index (χ0) is 14.0. The molecule has 0 saturated carbocycles. The Kier molecular flexibility index (Phi) is 4.58. The number of rotatable bonds is 4. The highest BCUT2D eigenvalue weighted by molar-refractivity contribution is 9.10. The van der Waals surface area contributed by atoms with Crippen molar-refractivity contribution < 1.29 is 4.79 Å². The van der Waals surface area contributed by atoms with Crippen LogP contribution >= 0.6 is 31.9 Å². The van der Waals surface area contributed by atoms with Crippen LogP contribution in [0.4, 0.5) is 0 Å². The van der Waals surface area contributed by atoms with Crippen LogP contribution in [0.2, 0.25) is 0 Å². The van der Waals surface area contributed by atoms with Gasteiger partial charge in [0.25, 0.3) is 0 Å². The molecule has 0 spiro atoms. The van der Waals surface area contributed by atoms with Gasteiger partial charge in [0, 0.05) is 16.9 Å². The van der Waals surface area contributed by atoms with Crippen LogP contribution in [0.15, 0.2) is 39.4 Å². The third-order valence-electron chi connectivity index (χ3n) is 2.81. The molecule has 0 unspecified atom stereocenters. The maximum Gasteiger partial charge on any atom is 0.186 e. The highest BCUT2D eigenvalue weighted by atomic mass is 79.9. The summed E-state index contributed by atoms with van der Waals surface area (Å²) in [5, 5.41) is 4.24. The van der Waals surface area contributed by atoms with Crippen molar-refractivity contribution in [3.63, 3.8) is 0 Å². The Morgan fingerprint density at radius 2 is 1.95 bits per heavy atom. The summed E-state index contributed by atoms with van der Waals surface area (Å²) >= 11 is 6.87. The van der Waals surface area contributed by atoms with Crippen LogP contribution in [0, 0.1) is 0 Å². The number of hydrogen-bond acceptors (Lipinski definition) is 2. The van der Waals surface area contributed by atoms with E-state index in [0.717, 1.165) is 14.5 Å². The fourth-order valence-corrected chi connectivity index (χ4v) is 2.81. The summed E-state index contributed by atoms with van der Waals surface area (Å²) in [5.74, 6) is 0.0602. The largest absolute Gasteiger partial charge is 0.292 e. The molecule has 2 aromatic rings. The topological polar surface area (TPSA) is 34.9 Å². The van der Waals surface area contributed by atoms with E-state index in [1.165, 1.54) is 0 Å². The molecule has 0 N–H and O–H groups in total. The molecule has 0 aliphatic carbocycles. The summed E-state index contributed by atoms with van der Waals surface area (Å²) < 4.78 is 3.46. The lowest BCUT2D eigenvalue weighted by molar-refractivity contribution is 0.0980. The molecule has 1 aromatic heterocycles. The Morgan fingerprint density at radius 1 is 1.26 bits per heavy atom. The van der Waals surface area contributed by atoms with Gasteiger partial charge in [-0.15, -0.1) is 0 Å². The number of carbonyl (C=O) groups is 1. The van der Waals surface area contributed by atoms with Gasteiger partial charge in [-0.05, 0) is 41.4 Å². The highest BCUT2D eigenvalue weighted by Crippen LogP contribution is 2.23. The molecule has 0 fully saturated rings. The van der Waals surface area contributed by atoms with E-state index in [-0.39, 0.29) is 11.8 Å². The van der Waals surface area contributed by atoms with Crippen molar-refractivity contribution in [3.05, 3.63) is 50.7 Å². The number of ketones is 1. The van der Waals surface area contributed by atoms with Gasteiger partial charge in [-0.25, -0.2) is 0 Å². The van der Waals surface area contributed by atoms with Crippen molar-refractivity contribution >= 4 is 37.6 Å². The maximum absolute atomic E-state index is 12.5. The van der Waals surface area contributed by atoms with E-state index in [2.05, 4.69) is 37.0 Å². The first-order valence-corrected chi connectivity index (χ1v) is 7.59. The third-order valence-corrected chi connectivity index (χ3v) is 4.17. The second-order valence-electron chi connectivity index (χ2n) is 4.57. The average molecular weight is 386 g/mol. The molecular formula is C14H14Br2N2O. The molecule has 0 radical (unpaired) electrons. The van der Waals surface area contributed by atoms with Crippen molar-refractivity contribution in [1.82, 2.24) is 9.78 Å². The van der Waals surface area contributed by atoms with Crippen molar-refractivity contribution in [3.8, 4) is 0 Å². The fourth-order valence-electron chi connectivity index (χ4n) is 1.89. The van der Waals surface area contributed by atoms with Crippen LogP contribution in [-0.2, 0) is 6.42 Å². The van der Waals surface area contributed by atoms with Gasteiger partial charge in [0.05, 0.1) is 10.7 Å². The molecule has 0 saturated heterocycles. The third kappa shape index (κ3) is 3.15. The average Bonchev–Trinajstić information content (AvgIpc) is 2.74. The number of Topliss-reactive ketones (excluding diaryl/α,β-unsaturated/α-hetero) is 1. The predicted molar refractivity (Wildman–Crippen MR) is 82.5 cm³/mol. The van der Waals surface area contributed by atoms with Crippen molar-refractivity contribution in [2.45, 2.75) is 26.3 Å². The molecular weight excluding hydrogens is 372 g/mol. The van der Waals surface area contributed by atoms with E-state index in [1.807, 2.05) is 38.1 Å². The van der Waals surface area contributed by atoms with Crippen LogP contribution in [0.3, 0.4) is 0 Å². The zero-order valence-electron chi connectivity index (χ0n) is 10.7. The molecule has 100 valence electrons. The predicted octanol–water partition coefficient (Wildman–Crippen LogP) is 4.41. The summed E-state index contributed by atoms with van der Waals surface area (Å²) in [6.07, 6.45) is 2.03. The minimum atomic E-state index is 0.0602. The first-order chi connectivity index (χ1) is 9.00. The minimum absolute atomic E-state index is 0.0602. The summed E-state index contributed by atoms with van der Waals surface area (Å²) in [6, 6.07) is 7.92. The number of halogens is 2. The first-order valence-electron chi connectivity index (χ1n) is 6.00. The smallest absolute Gasteiger partial charge is 0.186 e. The van der Waals surface area contributed by atoms with Crippen LogP contribution in [0.5, 0.6) is 0 Å². The Labute approximate surface area is 129 Å². The van der Waals surface area contributed by atoms with Gasteiger partial charge in [-0.1, -0.05) is 34.1 Å². The quantitative estimate of drug-likeness (QED) is 0.730. The SMILES string of the molecule is CC(C)n1ncc(Br)c1C(=O)Cc1ccccc1Br. The van der Waals surface area contributed by atoms with Crippen molar-refractivity contribution in [2.75, 3.05) is 0 Å². The van der Waals surface area contributed by atoms with Gasteiger partial charge in [0.15, 0.2) is 5.78 Å². The molecule has 0 atom stereocenters. The molecule has 0 aliphatic heterocycles. The number of hydrogen-bond donors (Lipinski definition) is 0. The normalized spacial score (nSPS) is 11.0. The summed E-state index contributed by atoms with van der Waals surface area (Å²) in [7, 11) is 0. The molecule has 1 aromatic carbocycles. The van der Waals surface area contributed by atoms with E-state index < -0.39 is 0 Å². The number of benzene rings is 1. The van der Waals surface area contributed by atoms with Crippen molar-refractivity contribution in [2.24, 2.45) is 0 Å². The molecule has 1 heterocycles. The van der Waals surface area contributed by atoms with E-state index >= 15 is 0 Å². The molecule has 5 heteroatoms. The fraction of sp³-hybridized carbons (Fsp3) is 0.286. The van der Waals surface area contributed by atoms with Gasteiger partial charge in [-0.2, -0.15) is 5.10 Å². The summed E-state index contributed by atoms with van der Waals surface area (Å²) in [5.41, 5.74) is 1.61. The van der Waals surface area contributed by atoms with E-state index in [9.17, 15) is 4.79 Å². The van der Waals surface area contributed by atoms with Crippen LogP contribution in [0.1, 0.15) is 35.9 Å². The number of nitrogens with zero attached hydrogens (tertiary/aromatic N) is 2. The lowest BCUT2D eigenvalue weighted by Crippen LogP contribution is -2.15. The molecule has 0 aliphatic rings. The minimum Gasteiger partial charge on any atom is -0.292 e. The van der Waals surface area contributed by atoms with E-state index in [4.69, 9.17) is 0 Å². The molecule has 2 rings (SSSR count). The molecule has 3 nitrogen and oxygen atoms in total. The van der Waals surface area contributed by atoms with Gasteiger partial charge in [0.2, 0.25) is 0 Å². The molecule has 0 amide bonds. The first kappa shape index (κ1) is 14.5. The zero-order valence-corrected chi connectivity index (χ0v) is 13.9. The Bertz CT molecular complexity index is 605. The van der Waals surface area contributed by atoms with E-state index in [1.54, 1.807) is 10.9 Å². The number of carbonyl (C=O) groups excluding carboxylic acids is 1. The maximum atomic E-state index is 12.5. The van der Waals surface area contributed by atoms with Gasteiger partial charge < -0.3 is 0 Å². The highest BCUT2D eigenvalue weighted by Gasteiger charge is 2.19. The second kappa shape index (κ2) is 6.01. The lowest BCUT2D eigenvalue weighted by atomic mass is 10.1. The Hall–Kier alpha value is -0.940. The Balaban J connectivity index is 2.31. The second-order valence-corrected chi connectivity index (χ2v) is 6.28. The monoisotopic (exact) mass is 384 g/mol. The molecule has 19 heavy (non-hydrogen) atoms. The number of aromatic nitrogens is 2. The van der Waals surface area contributed by atoms with Crippen LogP contribution < -0.4 is 0 Å². The van der Waals surface area contributed by atoms with Gasteiger partial charge in [-0.3, -0.25) is 9.48 Å². The van der Waals surface area contributed by atoms with Gasteiger partial charge >= 0.3 is 0 Å². The van der Waals surface area contributed by atoms with Gasteiger partial charge in [0.1, 0.15) is 5.69 Å². The van der Waals surface area contributed by atoms with Crippen molar-refractivity contribution in [1.29, 1.82) is 0 Å². The summed E-state index contributed by atoms with van der Waals surface area (Å²) in [6.45, 7) is 4.02. The van der Waals surface area contributed by atoms with Crippen LogP contribution in [-0.4, -0.2) is 15.6 Å². The van der Waals surface area contributed by atoms with E-state index in [0.29, 0.717) is 12.1 Å². The molecule has 0 bridgehead atoms. The van der Waals surface area contributed by atoms with Crippen LogP contribution in [0.25, 0.3) is 0 Å². The Morgan fingerprint density at radius 3 is 2.58 bits per heavy atom.